The quantitative estimate of drug-likeness (QED) is 0.746. The average Bonchev–Trinajstić information content (AvgIpc) is 3.18. The first-order valence-electron chi connectivity index (χ1n) is 7.80. The zero-order chi connectivity index (χ0) is 17.3. The molecule has 0 spiro atoms. The molecule has 0 bridgehead atoms. The number of rotatable bonds is 5. The lowest BCUT2D eigenvalue weighted by Crippen LogP contribution is -2.33. The Morgan fingerprint density at radius 1 is 1.08 bits per heavy atom. The standard InChI is InChI=1S/C16H17NO6S/c18-14(9-10-24(21,22)11-5-1-2-6-11)23-17-15(19)12-7-3-4-8-13(12)16(17)20/h3-4,7-8,11H,1-2,5-6,9-10H2. The molecular formula is C16H17NO6S. The molecule has 0 unspecified atom stereocenters. The zero-order valence-electron chi connectivity index (χ0n) is 12.9. The molecule has 1 aliphatic heterocycles. The highest BCUT2D eigenvalue weighted by Crippen LogP contribution is 2.26. The summed E-state index contributed by atoms with van der Waals surface area (Å²) >= 11 is 0. The van der Waals surface area contributed by atoms with Crippen LogP contribution in [-0.2, 0) is 19.5 Å². The molecule has 0 N–H and O–H groups in total. The lowest BCUT2D eigenvalue weighted by molar-refractivity contribution is -0.168. The van der Waals surface area contributed by atoms with Gasteiger partial charge in [0.05, 0.1) is 28.6 Å². The summed E-state index contributed by atoms with van der Waals surface area (Å²) in [5, 5.41) is -0.000510. The fraction of sp³-hybridized carbons (Fsp3) is 0.438. The SMILES string of the molecule is O=C(CCS(=O)(=O)C1CCCC1)ON1C(=O)c2ccccc2C1=O. The second-order valence-electron chi connectivity index (χ2n) is 5.94. The Bertz CT molecular complexity index is 760. The van der Waals surface area contributed by atoms with Crippen LogP contribution in [0.4, 0.5) is 0 Å². The van der Waals surface area contributed by atoms with Crippen LogP contribution >= 0.6 is 0 Å². The first-order chi connectivity index (χ1) is 11.4. The highest BCUT2D eigenvalue weighted by molar-refractivity contribution is 7.92. The van der Waals surface area contributed by atoms with Gasteiger partial charge in [-0.1, -0.05) is 30.0 Å². The summed E-state index contributed by atoms with van der Waals surface area (Å²) in [6, 6.07) is 6.13. The third kappa shape index (κ3) is 3.06. The molecule has 24 heavy (non-hydrogen) atoms. The number of nitrogens with zero attached hydrogens (tertiary/aromatic N) is 1. The normalized spacial score (nSPS) is 18.1. The summed E-state index contributed by atoms with van der Waals surface area (Å²) in [6.07, 6.45) is 2.62. The lowest BCUT2D eigenvalue weighted by Gasteiger charge is -2.14. The van der Waals surface area contributed by atoms with Crippen LogP contribution in [0.1, 0.15) is 52.8 Å². The van der Waals surface area contributed by atoms with Gasteiger partial charge in [0.25, 0.3) is 11.8 Å². The number of carbonyl (C=O) groups excluding carboxylic acids is 3. The smallest absolute Gasteiger partial charge is 0.330 e. The van der Waals surface area contributed by atoms with Gasteiger partial charge >= 0.3 is 5.97 Å². The van der Waals surface area contributed by atoms with E-state index >= 15 is 0 Å². The van der Waals surface area contributed by atoms with Crippen molar-refractivity contribution in [3.63, 3.8) is 0 Å². The van der Waals surface area contributed by atoms with Crippen molar-refractivity contribution in [2.75, 3.05) is 5.75 Å². The van der Waals surface area contributed by atoms with Crippen molar-refractivity contribution in [1.29, 1.82) is 0 Å². The maximum Gasteiger partial charge on any atom is 0.334 e. The molecule has 7 nitrogen and oxygen atoms in total. The molecule has 2 amide bonds. The van der Waals surface area contributed by atoms with Crippen molar-refractivity contribution in [3.05, 3.63) is 35.4 Å². The minimum Gasteiger partial charge on any atom is -0.330 e. The van der Waals surface area contributed by atoms with E-state index in [1.54, 1.807) is 12.1 Å². The fourth-order valence-corrected chi connectivity index (χ4v) is 4.87. The van der Waals surface area contributed by atoms with Crippen molar-refractivity contribution < 1.29 is 27.6 Å². The van der Waals surface area contributed by atoms with E-state index in [-0.39, 0.29) is 23.3 Å². The third-order valence-corrected chi connectivity index (χ3v) is 6.61. The van der Waals surface area contributed by atoms with Crippen LogP contribution in [-0.4, -0.2) is 42.3 Å². The molecule has 0 saturated heterocycles. The topological polar surface area (TPSA) is 97.8 Å². The first-order valence-corrected chi connectivity index (χ1v) is 9.52. The Hall–Kier alpha value is -2.22. The van der Waals surface area contributed by atoms with Crippen LogP contribution < -0.4 is 0 Å². The molecule has 2 aliphatic rings. The third-order valence-electron chi connectivity index (χ3n) is 4.35. The Kier molecular flexibility index (Phi) is 4.40. The van der Waals surface area contributed by atoms with Crippen molar-refractivity contribution in [2.45, 2.75) is 37.4 Å². The van der Waals surface area contributed by atoms with Crippen molar-refractivity contribution in [1.82, 2.24) is 5.06 Å². The van der Waals surface area contributed by atoms with Gasteiger partial charge in [0, 0.05) is 0 Å². The van der Waals surface area contributed by atoms with Gasteiger partial charge < -0.3 is 4.84 Å². The molecule has 0 radical (unpaired) electrons. The van der Waals surface area contributed by atoms with Crippen LogP contribution in [0.15, 0.2) is 24.3 Å². The molecule has 1 saturated carbocycles. The molecular weight excluding hydrogens is 334 g/mol. The minimum atomic E-state index is -3.36. The maximum absolute atomic E-state index is 12.1. The minimum absolute atomic E-state index is 0.161. The number of benzene rings is 1. The van der Waals surface area contributed by atoms with Crippen molar-refractivity contribution >= 4 is 27.6 Å². The van der Waals surface area contributed by atoms with E-state index in [0.29, 0.717) is 17.9 Å². The number of amides is 2. The van der Waals surface area contributed by atoms with E-state index < -0.39 is 32.9 Å². The van der Waals surface area contributed by atoms with Gasteiger partial charge in [0.15, 0.2) is 9.84 Å². The number of sulfone groups is 1. The van der Waals surface area contributed by atoms with Gasteiger partial charge in [0.1, 0.15) is 0 Å². The predicted octanol–water partition coefficient (Wildman–Crippen LogP) is 1.49. The molecule has 1 aromatic rings. The first kappa shape index (κ1) is 16.6. The van der Waals surface area contributed by atoms with E-state index in [0.717, 1.165) is 12.8 Å². The van der Waals surface area contributed by atoms with Gasteiger partial charge in [-0.05, 0) is 25.0 Å². The molecule has 1 heterocycles. The van der Waals surface area contributed by atoms with Gasteiger partial charge in [-0.2, -0.15) is 0 Å². The van der Waals surface area contributed by atoms with Gasteiger partial charge in [-0.3, -0.25) is 9.59 Å². The van der Waals surface area contributed by atoms with Crippen LogP contribution in [0.5, 0.6) is 0 Å². The van der Waals surface area contributed by atoms with Gasteiger partial charge in [-0.25, -0.2) is 13.2 Å². The summed E-state index contributed by atoms with van der Waals surface area (Å²) in [6.45, 7) is 0. The molecule has 0 atom stereocenters. The van der Waals surface area contributed by atoms with Gasteiger partial charge in [-0.15, -0.1) is 0 Å². The van der Waals surface area contributed by atoms with E-state index in [4.69, 9.17) is 4.84 Å². The van der Waals surface area contributed by atoms with Crippen molar-refractivity contribution in [2.24, 2.45) is 0 Å². The van der Waals surface area contributed by atoms with Crippen molar-refractivity contribution in [3.8, 4) is 0 Å². The fourth-order valence-electron chi connectivity index (χ4n) is 3.04. The summed E-state index contributed by atoms with van der Waals surface area (Å²) in [5.74, 6) is -2.68. The Balaban J connectivity index is 1.60. The van der Waals surface area contributed by atoms with Crippen LogP contribution in [0.2, 0.25) is 0 Å². The number of imide groups is 1. The zero-order valence-corrected chi connectivity index (χ0v) is 13.8. The van der Waals surface area contributed by atoms with Crippen LogP contribution in [0.3, 0.4) is 0 Å². The predicted molar refractivity (Wildman–Crippen MR) is 83.7 cm³/mol. The summed E-state index contributed by atoms with van der Waals surface area (Å²) < 4.78 is 24.3. The second-order valence-corrected chi connectivity index (χ2v) is 8.34. The highest BCUT2D eigenvalue weighted by atomic mass is 32.2. The summed E-state index contributed by atoms with van der Waals surface area (Å²) in [7, 11) is -3.36. The molecule has 8 heteroatoms. The van der Waals surface area contributed by atoms with Crippen LogP contribution in [0.25, 0.3) is 0 Å². The Labute approximate surface area is 139 Å². The van der Waals surface area contributed by atoms with Gasteiger partial charge in [0.2, 0.25) is 0 Å². The number of fused-ring (bicyclic) bond motifs is 1. The monoisotopic (exact) mass is 351 g/mol. The molecule has 0 aromatic heterocycles. The molecule has 3 rings (SSSR count). The number of hydrogen-bond acceptors (Lipinski definition) is 6. The summed E-state index contributed by atoms with van der Waals surface area (Å²) in [5.41, 5.74) is 0.322. The Morgan fingerprint density at radius 2 is 1.62 bits per heavy atom. The lowest BCUT2D eigenvalue weighted by atomic mass is 10.1. The second kappa shape index (κ2) is 6.35. The van der Waals surface area contributed by atoms with E-state index in [2.05, 4.69) is 0 Å². The number of hydroxylamine groups is 2. The van der Waals surface area contributed by atoms with E-state index in [9.17, 15) is 22.8 Å². The summed E-state index contributed by atoms with van der Waals surface area (Å²) in [4.78, 5) is 40.8. The average molecular weight is 351 g/mol. The molecule has 1 fully saturated rings. The van der Waals surface area contributed by atoms with E-state index in [1.807, 2.05) is 0 Å². The maximum atomic E-state index is 12.1. The number of hydrogen-bond donors (Lipinski definition) is 0. The molecule has 1 aromatic carbocycles. The van der Waals surface area contributed by atoms with E-state index in [1.165, 1.54) is 12.1 Å². The highest BCUT2D eigenvalue weighted by Gasteiger charge is 2.39. The number of carbonyl (C=O) groups is 3. The molecule has 128 valence electrons. The molecule has 1 aliphatic carbocycles. The largest absolute Gasteiger partial charge is 0.334 e. The Morgan fingerprint density at radius 3 is 2.17 bits per heavy atom. The van der Waals surface area contributed by atoms with Crippen LogP contribution in [0, 0.1) is 0 Å².